The zero-order valence-electron chi connectivity index (χ0n) is 14.7. The average molecular weight is 348 g/mol. The number of aromatic nitrogens is 3. The summed E-state index contributed by atoms with van der Waals surface area (Å²) in [6.07, 6.45) is 4.32. The molecule has 1 N–H and O–H groups in total. The van der Waals surface area contributed by atoms with Gasteiger partial charge in [-0.2, -0.15) is 10.4 Å². The predicted octanol–water partition coefficient (Wildman–Crippen LogP) is 1.14. The van der Waals surface area contributed by atoms with Gasteiger partial charge in [0.05, 0.1) is 19.2 Å². The van der Waals surface area contributed by atoms with E-state index < -0.39 is 12.2 Å². The number of rotatable bonds is 5. The smallest absolute Gasteiger partial charge is 0.237 e. The summed E-state index contributed by atoms with van der Waals surface area (Å²) in [7, 11) is 0. The Labute approximate surface area is 147 Å². The van der Waals surface area contributed by atoms with E-state index in [9.17, 15) is 9.18 Å². The molecule has 4 atom stereocenters. The average Bonchev–Trinajstić information content (AvgIpc) is 3.27. The molecule has 1 aliphatic carbocycles. The van der Waals surface area contributed by atoms with Crippen molar-refractivity contribution >= 4 is 5.91 Å². The maximum atomic E-state index is 13.5. The van der Waals surface area contributed by atoms with Gasteiger partial charge in [0.25, 0.3) is 0 Å². The Bertz CT molecular complexity index is 640. The number of amides is 1. The van der Waals surface area contributed by atoms with Gasteiger partial charge in [0.1, 0.15) is 24.9 Å². The molecule has 8 heteroatoms. The van der Waals surface area contributed by atoms with E-state index in [1.54, 1.807) is 6.33 Å². The number of alkyl halides is 1. The lowest BCUT2D eigenvalue weighted by Crippen LogP contribution is -2.47. The van der Waals surface area contributed by atoms with Crippen LogP contribution in [0.15, 0.2) is 12.7 Å². The molecule has 1 saturated carbocycles. The molecule has 1 amide bonds. The van der Waals surface area contributed by atoms with Crippen LogP contribution in [0.5, 0.6) is 0 Å². The fourth-order valence-corrected chi connectivity index (χ4v) is 4.14. The van der Waals surface area contributed by atoms with Crippen LogP contribution >= 0.6 is 0 Å². The van der Waals surface area contributed by atoms with E-state index in [-0.39, 0.29) is 36.9 Å². The molecular weight excluding hydrogens is 323 g/mol. The lowest BCUT2D eigenvalue weighted by molar-refractivity contribution is -0.130. The van der Waals surface area contributed by atoms with Crippen LogP contribution in [0.1, 0.15) is 33.1 Å². The molecular formula is C17H25FN6O. The quantitative estimate of drug-likeness (QED) is 0.862. The molecule has 1 aliphatic heterocycles. The Morgan fingerprint density at radius 1 is 1.48 bits per heavy atom. The van der Waals surface area contributed by atoms with Crippen molar-refractivity contribution < 1.29 is 9.18 Å². The molecule has 2 fully saturated rings. The first-order valence-electron chi connectivity index (χ1n) is 8.80. The Balaban J connectivity index is 1.55. The van der Waals surface area contributed by atoms with Gasteiger partial charge in [0.15, 0.2) is 0 Å². The Morgan fingerprint density at radius 3 is 2.96 bits per heavy atom. The van der Waals surface area contributed by atoms with E-state index in [2.05, 4.69) is 29.2 Å². The highest BCUT2D eigenvalue weighted by molar-refractivity contribution is 5.79. The minimum atomic E-state index is -1.09. The van der Waals surface area contributed by atoms with Crippen LogP contribution in [0.2, 0.25) is 0 Å². The van der Waals surface area contributed by atoms with Crippen molar-refractivity contribution in [2.24, 2.45) is 11.3 Å². The van der Waals surface area contributed by atoms with E-state index >= 15 is 0 Å². The molecule has 7 nitrogen and oxygen atoms in total. The number of hydrogen-bond acceptors (Lipinski definition) is 5. The van der Waals surface area contributed by atoms with Crippen molar-refractivity contribution in [3.05, 3.63) is 12.7 Å². The van der Waals surface area contributed by atoms with Crippen molar-refractivity contribution in [1.29, 1.82) is 5.26 Å². The van der Waals surface area contributed by atoms with Gasteiger partial charge in [-0.15, -0.1) is 0 Å². The molecule has 2 aliphatic rings. The van der Waals surface area contributed by atoms with Gasteiger partial charge in [-0.25, -0.2) is 9.37 Å². The number of nitrogens with zero attached hydrogens (tertiary/aromatic N) is 5. The Hall–Kier alpha value is -2.01. The summed E-state index contributed by atoms with van der Waals surface area (Å²) in [5, 5.41) is 16.6. The van der Waals surface area contributed by atoms with Crippen LogP contribution in [-0.2, 0) is 11.3 Å². The van der Waals surface area contributed by atoms with Gasteiger partial charge in [-0.3, -0.25) is 9.48 Å². The molecule has 136 valence electrons. The molecule has 1 saturated heterocycles. The molecule has 0 bridgehead atoms. The number of carbonyl (C=O) groups is 1. The fraction of sp³-hybridized carbons (Fsp3) is 0.765. The summed E-state index contributed by atoms with van der Waals surface area (Å²) in [5.74, 6) is 0.248. The van der Waals surface area contributed by atoms with Crippen LogP contribution in [0, 0.1) is 22.7 Å². The standard InChI is InChI=1S/C17H25FN6O/c1-17(2)12(8-23-11-20-10-22-23)3-4-15(17)21-7-16(25)24-9-13(18)5-14(24)6-19/h10-15,21H,3-5,7-9H2,1-2H3/t12-,13-,14+,15-/m1/s1. The van der Waals surface area contributed by atoms with Crippen LogP contribution < -0.4 is 5.32 Å². The lowest BCUT2D eigenvalue weighted by Gasteiger charge is -2.34. The summed E-state index contributed by atoms with van der Waals surface area (Å²) < 4.78 is 15.3. The van der Waals surface area contributed by atoms with E-state index in [0.717, 1.165) is 19.4 Å². The van der Waals surface area contributed by atoms with E-state index in [1.807, 2.05) is 10.8 Å². The second-order valence-electron chi connectivity index (χ2n) is 7.67. The minimum Gasteiger partial charge on any atom is -0.323 e. The maximum Gasteiger partial charge on any atom is 0.237 e. The predicted molar refractivity (Wildman–Crippen MR) is 88.9 cm³/mol. The molecule has 25 heavy (non-hydrogen) atoms. The molecule has 0 radical (unpaired) electrons. The highest BCUT2D eigenvalue weighted by atomic mass is 19.1. The van der Waals surface area contributed by atoms with Crippen molar-refractivity contribution in [2.75, 3.05) is 13.1 Å². The van der Waals surface area contributed by atoms with Gasteiger partial charge in [0.2, 0.25) is 5.91 Å². The second-order valence-corrected chi connectivity index (χ2v) is 7.67. The van der Waals surface area contributed by atoms with Crippen molar-refractivity contribution in [1.82, 2.24) is 25.0 Å². The van der Waals surface area contributed by atoms with Crippen LogP contribution in [0.3, 0.4) is 0 Å². The summed E-state index contributed by atoms with van der Waals surface area (Å²) in [4.78, 5) is 17.7. The molecule has 1 aromatic rings. The maximum absolute atomic E-state index is 13.5. The number of halogens is 1. The van der Waals surface area contributed by atoms with Gasteiger partial charge in [-0.1, -0.05) is 13.8 Å². The zero-order valence-corrected chi connectivity index (χ0v) is 14.7. The van der Waals surface area contributed by atoms with Crippen LogP contribution in [-0.4, -0.2) is 56.9 Å². The van der Waals surface area contributed by atoms with Crippen LogP contribution in [0.25, 0.3) is 0 Å². The summed E-state index contributed by atoms with van der Waals surface area (Å²) >= 11 is 0. The topological polar surface area (TPSA) is 86.8 Å². The third-order valence-corrected chi connectivity index (χ3v) is 5.85. The lowest BCUT2D eigenvalue weighted by atomic mass is 9.79. The van der Waals surface area contributed by atoms with Crippen LogP contribution in [0.4, 0.5) is 4.39 Å². The van der Waals surface area contributed by atoms with E-state index in [4.69, 9.17) is 5.26 Å². The first-order chi connectivity index (χ1) is 11.9. The summed E-state index contributed by atoms with van der Waals surface area (Å²) in [5.41, 5.74) is 0.00843. The zero-order chi connectivity index (χ0) is 18.0. The monoisotopic (exact) mass is 348 g/mol. The Morgan fingerprint density at radius 2 is 2.28 bits per heavy atom. The first-order valence-corrected chi connectivity index (χ1v) is 8.80. The van der Waals surface area contributed by atoms with E-state index in [0.29, 0.717) is 5.92 Å². The molecule has 0 aromatic carbocycles. The highest BCUT2D eigenvalue weighted by Gasteiger charge is 2.43. The van der Waals surface area contributed by atoms with Crippen molar-refractivity contribution in [2.45, 2.75) is 57.9 Å². The third kappa shape index (κ3) is 3.66. The molecule has 0 spiro atoms. The number of nitriles is 1. The molecule has 2 heterocycles. The Kier molecular flexibility index (Phi) is 5.04. The number of likely N-dealkylation sites (tertiary alicyclic amines) is 1. The molecule has 1 aromatic heterocycles. The van der Waals surface area contributed by atoms with Gasteiger partial charge >= 0.3 is 0 Å². The minimum absolute atomic E-state index is 0.00843. The summed E-state index contributed by atoms with van der Waals surface area (Å²) in [6.45, 7) is 5.40. The van der Waals surface area contributed by atoms with E-state index in [1.165, 1.54) is 11.2 Å². The largest absolute Gasteiger partial charge is 0.323 e. The molecule has 3 rings (SSSR count). The number of carbonyl (C=O) groups excluding carboxylic acids is 1. The third-order valence-electron chi connectivity index (χ3n) is 5.85. The van der Waals surface area contributed by atoms with Crippen molar-refractivity contribution in [3.63, 3.8) is 0 Å². The first kappa shape index (κ1) is 17.8. The van der Waals surface area contributed by atoms with Gasteiger partial charge < -0.3 is 10.2 Å². The number of hydrogen-bond donors (Lipinski definition) is 1. The molecule has 0 unspecified atom stereocenters. The van der Waals surface area contributed by atoms with Gasteiger partial charge in [0, 0.05) is 19.0 Å². The fourth-order valence-electron chi connectivity index (χ4n) is 4.14. The summed E-state index contributed by atoms with van der Waals surface area (Å²) in [6, 6.07) is 1.59. The highest BCUT2D eigenvalue weighted by Crippen LogP contribution is 2.43. The normalized spacial score (nSPS) is 31.2. The SMILES string of the molecule is CC1(C)[C@@H](Cn2cncn2)CC[C@H]1NCC(=O)N1C[C@H](F)C[C@H]1C#N. The van der Waals surface area contributed by atoms with Crippen molar-refractivity contribution in [3.8, 4) is 6.07 Å². The van der Waals surface area contributed by atoms with Gasteiger partial charge in [-0.05, 0) is 24.2 Å². The number of nitrogens with one attached hydrogen (secondary N) is 1. The second kappa shape index (κ2) is 7.08.